The quantitative estimate of drug-likeness (QED) is 0.724. The standard InChI is InChI=1S/C11H22N2O3/c1-11(2,3)16-10(14)13-4-5-15-8-9(6-12)7-13/h9H,4-8,12H2,1-3H3. The number of nitrogens with two attached hydrogens (primary N) is 1. The van der Waals surface area contributed by atoms with Gasteiger partial charge < -0.3 is 20.1 Å². The van der Waals surface area contributed by atoms with Crippen LogP contribution < -0.4 is 5.73 Å². The summed E-state index contributed by atoms with van der Waals surface area (Å²) in [5, 5.41) is 0. The van der Waals surface area contributed by atoms with Gasteiger partial charge in [0.2, 0.25) is 0 Å². The van der Waals surface area contributed by atoms with Crippen molar-refractivity contribution in [3.8, 4) is 0 Å². The second-order valence-electron chi connectivity index (χ2n) is 5.10. The molecule has 1 aliphatic rings. The molecule has 0 bridgehead atoms. The topological polar surface area (TPSA) is 64.8 Å². The number of hydrogen-bond donors (Lipinski definition) is 1. The van der Waals surface area contributed by atoms with E-state index in [9.17, 15) is 4.79 Å². The van der Waals surface area contributed by atoms with Gasteiger partial charge in [0.05, 0.1) is 13.2 Å². The summed E-state index contributed by atoms with van der Waals surface area (Å²) in [7, 11) is 0. The van der Waals surface area contributed by atoms with Gasteiger partial charge in [-0.1, -0.05) is 0 Å². The van der Waals surface area contributed by atoms with Crippen LogP contribution in [-0.4, -0.2) is 49.4 Å². The van der Waals surface area contributed by atoms with Gasteiger partial charge in [-0.05, 0) is 27.3 Å². The van der Waals surface area contributed by atoms with Gasteiger partial charge >= 0.3 is 6.09 Å². The Balaban J connectivity index is 2.53. The van der Waals surface area contributed by atoms with Gasteiger partial charge in [0.25, 0.3) is 0 Å². The van der Waals surface area contributed by atoms with Crippen molar-refractivity contribution in [3.05, 3.63) is 0 Å². The second-order valence-corrected chi connectivity index (χ2v) is 5.10. The molecule has 0 aromatic carbocycles. The van der Waals surface area contributed by atoms with Gasteiger partial charge in [0.1, 0.15) is 5.60 Å². The highest BCUT2D eigenvalue weighted by Crippen LogP contribution is 2.13. The van der Waals surface area contributed by atoms with E-state index in [1.54, 1.807) is 4.90 Å². The lowest BCUT2D eigenvalue weighted by Crippen LogP contribution is -2.41. The van der Waals surface area contributed by atoms with Gasteiger partial charge in [-0.2, -0.15) is 0 Å². The molecule has 0 radical (unpaired) electrons. The Morgan fingerprint density at radius 2 is 2.25 bits per heavy atom. The van der Waals surface area contributed by atoms with Crippen LogP contribution in [0.2, 0.25) is 0 Å². The predicted molar refractivity (Wildman–Crippen MR) is 61.2 cm³/mol. The third-order valence-corrected chi connectivity index (χ3v) is 2.32. The van der Waals surface area contributed by atoms with Crippen LogP contribution in [0.5, 0.6) is 0 Å². The van der Waals surface area contributed by atoms with E-state index in [4.69, 9.17) is 15.2 Å². The zero-order chi connectivity index (χ0) is 12.2. The highest BCUT2D eigenvalue weighted by molar-refractivity contribution is 5.68. The van der Waals surface area contributed by atoms with Crippen LogP contribution in [-0.2, 0) is 9.47 Å². The molecule has 1 aliphatic heterocycles. The zero-order valence-corrected chi connectivity index (χ0v) is 10.4. The molecule has 0 aromatic rings. The Morgan fingerprint density at radius 1 is 1.56 bits per heavy atom. The summed E-state index contributed by atoms with van der Waals surface area (Å²) >= 11 is 0. The van der Waals surface area contributed by atoms with Gasteiger partial charge in [-0.15, -0.1) is 0 Å². The van der Waals surface area contributed by atoms with Crippen LogP contribution in [0, 0.1) is 5.92 Å². The molecule has 0 aromatic heterocycles. The minimum absolute atomic E-state index is 0.204. The zero-order valence-electron chi connectivity index (χ0n) is 10.4. The number of rotatable bonds is 1. The van der Waals surface area contributed by atoms with Gasteiger partial charge in [-0.3, -0.25) is 0 Å². The molecule has 94 valence electrons. The lowest BCUT2D eigenvalue weighted by molar-refractivity contribution is 0.0234. The van der Waals surface area contributed by atoms with E-state index in [1.807, 2.05) is 20.8 Å². The lowest BCUT2D eigenvalue weighted by atomic mass is 10.1. The smallest absolute Gasteiger partial charge is 0.410 e. The molecule has 16 heavy (non-hydrogen) atoms. The first-order valence-electron chi connectivity index (χ1n) is 5.68. The van der Waals surface area contributed by atoms with Crippen molar-refractivity contribution in [2.45, 2.75) is 26.4 Å². The van der Waals surface area contributed by atoms with Crippen LogP contribution >= 0.6 is 0 Å². The molecule has 0 spiro atoms. The van der Waals surface area contributed by atoms with Crippen molar-refractivity contribution in [1.82, 2.24) is 4.90 Å². The van der Waals surface area contributed by atoms with Crippen molar-refractivity contribution in [2.75, 3.05) is 32.8 Å². The Morgan fingerprint density at radius 3 is 2.81 bits per heavy atom. The summed E-state index contributed by atoms with van der Waals surface area (Å²) in [6, 6.07) is 0. The van der Waals surface area contributed by atoms with Crippen molar-refractivity contribution in [3.63, 3.8) is 0 Å². The number of ether oxygens (including phenoxy) is 2. The highest BCUT2D eigenvalue weighted by atomic mass is 16.6. The highest BCUT2D eigenvalue weighted by Gasteiger charge is 2.25. The molecular weight excluding hydrogens is 208 g/mol. The fraction of sp³-hybridized carbons (Fsp3) is 0.909. The Bertz CT molecular complexity index is 238. The van der Waals surface area contributed by atoms with Crippen LogP contribution in [0.15, 0.2) is 0 Å². The molecule has 1 atom stereocenters. The molecule has 1 unspecified atom stereocenters. The average Bonchev–Trinajstić information content (AvgIpc) is 2.39. The van der Waals surface area contributed by atoms with Crippen LogP contribution in [0.25, 0.3) is 0 Å². The summed E-state index contributed by atoms with van der Waals surface area (Å²) in [6.07, 6.45) is -0.281. The minimum Gasteiger partial charge on any atom is -0.444 e. The molecule has 1 fully saturated rings. The predicted octanol–water partition coefficient (Wildman–Crippen LogP) is 0.829. The lowest BCUT2D eigenvalue weighted by Gasteiger charge is -2.27. The first-order chi connectivity index (χ1) is 7.42. The second kappa shape index (κ2) is 5.50. The van der Waals surface area contributed by atoms with Crippen LogP contribution in [0.1, 0.15) is 20.8 Å². The minimum atomic E-state index is -0.456. The molecule has 0 saturated carbocycles. The van der Waals surface area contributed by atoms with E-state index in [0.29, 0.717) is 32.8 Å². The third kappa shape index (κ3) is 4.37. The average molecular weight is 230 g/mol. The molecular formula is C11H22N2O3. The number of carbonyl (C=O) groups is 1. The molecule has 1 saturated heterocycles. The molecule has 1 amide bonds. The Hall–Kier alpha value is -0.810. The molecule has 5 nitrogen and oxygen atoms in total. The third-order valence-electron chi connectivity index (χ3n) is 2.32. The van der Waals surface area contributed by atoms with Crippen molar-refractivity contribution >= 4 is 6.09 Å². The summed E-state index contributed by atoms with van der Waals surface area (Å²) in [5.74, 6) is 0.204. The summed E-state index contributed by atoms with van der Waals surface area (Å²) < 4.78 is 10.7. The number of carbonyl (C=O) groups excluding carboxylic acids is 1. The fourth-order valence-corrected chi connectivity index (χ4v) is 1.52. The van der Waals surface area contributed by atoms with Gasteiger partial charge in [-0.25, -0.2) is 4.79 Å². The summed E-state index contributed by atoms with van der Waals surface area (Å²) in [4.78, 5) is 13.5. The van der Waals surface area contributed by atoms with Crippen molar-refractivity contribution < 1.29 is 14.3 Å². The van der Waals surface area contributed by atoms with Crippen LogP contribution in [0.4, 0.5) is 4.79 Å². The number of hydrogen-bond acceptors (Lipinski definition) is 4. The monoisotopic (exact) mass is 230 g/mol. The van der Waals surface area contributed by atoms with E-state index in [-0.39, 0.29) is 12.0 Å². The van der Waals surface area contributed by atoms with E-state index < -0.39 is 5.60 Å². The molecule has 1 rings (SSSR count). The SMILES string of the molecule is CC(C)(C)OC(=O)N1CCOCC(CN)C1. The van der Waals surface area contributed by atoms with Crippen molar-refractivity contribution in [2.24, 2.45) is 11.7 Å². The normalized spacial score (nSPS) is 22.8. The Kier molecular flexibility index (Phi) is 4.56. The van der Waals surface area contributed by atoms with Gasteiger partial charge in [0, 0.05) is 19.0 Å². The maximum Gasteiger partial charge on any atom is 0.410 e. The van der Waals surface area contributed by atoms with Crippen LogP contribution in [0.3, 0.4) is 0 Å². The number of nitrogens with zero attached hydrogens (tertiary/aromatic N) is 1. The first-order valence-corrected chi connectivity index (χ1v) is 5.68. The Labute approximate surface area is 96.9 Å². The maximum absolute atomic E-state index is 11.8. The first kappa shape index (κ1) is 13.3. The maximum atomic E-state index is 11.8. The molecule has 5 heteroatoms. The fourth-order valence-electron chi connectivity index (χ4n) is 1.52. The van der Waals surface area contributed by atoms with E-state index in [1.165, 1.54) is 0 Å². The largest absolute Gasteiger partial charge is 0.444 e. The van der Waals surface area contributed by atoms with E-state index >= 15 is 0 Å². The van der Waals surface area contributed by atoms with Gasteiger partial charge in [0.15, 0.2) is 0 Å². The molecule has 0 aliphatic carbocycles. The summed E-state index contributed by atoms with van der Waals surface area (Å²) in [6.45, 7) is 8.47. The summed E-state index contributed by atoms with van der Waals surface area (Å²) in [5.41, 5.74) is 5.15. The van der Waals surface area contributed by atoms with E-state index in [0.717, 1.165) is 0 Å². The molecule has 1 heterocycles. The van der Waals surface area contributed by atoms with Crippen molar-refractivity contribution in [1.29, 1.82) is 0 Å². The van der Waals surface area contributed by atoms with E-state index in [2.05, 4.69) is 0 Å². The molecule has 2 N–H and O–H groups in total. The number of amides is 1.